The SMILES string of the molecule is CN(CCCC(=O)O)C(=O)Nc1ccc(F)cc1C#N. The highest BCUT2D eigenvalue weighted by molar-refractivity contribution is 5.90. The van der Waals surface area contributed by atoms with Crippen LogP contribution in [0.4, 0.5) is 14.9 Å². The van der Waals surface area contributed by atoms with E-state index in [1.807, 2.05) is 0 Å². The van der Waals surface area contributed by atoms with Crippen LogP contribution in [-0.4, -0.2) is 35.6 Å². The molecule has 2 N–H and O–H groups in total. The van der Waals surface area contributed by atoms with Crippen LogP contribution in [0, 0.1) is 17.1 Å². The number of carboxylic acids is 1. The van der Waals surface area contributed by atoms with E-state index >= 15 is 0 Å². The first kappa shape index (κ1) is 15.4. The summed E-state index contributed by atoms with van der Waals surface area (Å²) in [5.74, 6) is -1.49. The van der Waals surface area contributed by atoms with Gasteiger partial charge in [-0.25, -0.2) is 9.18 Å². The van der Waals surface area contributed by atoms with Gasteiger partial charge >= 0.3 is 12.0 Å². The highest BCUT2D eigenvalue weighted by atomic mass is 19.1. The Morgan fingerprint density at radius 1 is 1.50 bits per heavy atom. The van der Waals surface area contributed by atoms with Crippen molar-refractivity contribution in [2.24, 2.45) is 0 Å². The number of benzene rings is 1. The number of nitriles is 1. The molecule has 0 atom stereocenters. The zero-order chi connectivity index (χ0) is 15.1. The molecule has 0 aliphatic rings. The number of rotatable bonds is 5. The predicted molar refractivity (Wildman–Crippen MR) is 69.6 cm³/mol. The van der Waals surface area contributed by atoms with E-state index in [1.54, 1.807) is 6.07 Å². The van der Waals surface area contributed by atoms with Crippen LogP contribution in [0.1, 0.15) is 18.4 Å². The van der Waals surface area contributed by atoms with Gasteiger partial charge in [-0.3, -0.25) is 4.79 Å². The molecule has 1 rings (SSSR count). The Morgan fingerprint density at radius 2 is 2.20 bits per heavy atom. The molecule has 0 unspecified atom stereocenters. The number of amides is 2. The van der Waals surface area contributed by atoms with E-state index in [2.05, 4.69) is 5.32 Å². The summed E-state index contributed by atoms with van der Waals surface area (Å²) in [6.07, 6.45) is 0.297. The molecule has 0 aliphatic heterocycles. The molecule has 0 fully saturated rings. The van der Waals surface area contributed by atoms with Crippen molar-refractivity contribution in [3.8, 4) is 6.07 Å². The van der Waals surface area contributed by atoms with Gasteiger partial charge in [-0.2, -0.15) is 5.26 Å². The first-order valence-corrected chi connectivity index (χ1v) is 5.87. The van der Waals surface area contributed by atoms with Gasteiger partial charge in [0.05, 0.1) is 11.3 Å². The second-order valence-corrected chi connectivity index (χ2v) is 4.15. The lowest BCUT2D eigenvalue weighted by molar-refractivity contribution is -0.137. The molecule has 2 amide bonds. The highest BCUT2D eigenvalue weighted by Crippen LogP contribution is 2.16. The van der Waals surface area contributed by atoms with Crippen LogP contribution < -0.4 is 5.32 Å². The number of nitrogens with zero attached hydrogens (tertiary/aromatic N) is 2. The lowest BCUT2D eigenvalue weighted by Gasteiger charge is -2.18. The fourth-order valence-electron chi connectivity index (χ4n) is 1.50. The smallest absolute Gasteiger partial charge is 0.321 e. The molecule has 0 saturated carbocycles. The van der Waals surface area contributed by atoms with Gasteiger partial charge in [0.1, 0.15) is 11.9 Å². The fraction of sp³-hybridized carbons (Fsp3) is 0.308. The maximum Gasteiger partial charge on any atom is 0.321 e. The zero-order valence-corrected chi connectivity index (χ0v) is 10.9. The minimum absolute atomic E-state index is 0.0253. The lowest BCUT2D eigenvalue weighted by Crippen LogP contribution is -2.32. The second kappa shape index (κ2) is 7.09. The monoisotopic (exact) mass is 279 g/mol. The summed E-state index contributed by atoms with van der Waals surface area (Å²) in [4.78, 5) is 23.5. The molecule has 0 spiro atoms. The van der Waals surface area contributed by atoms with Gasteiger partial charge < -0.3 is 15.3 Å². The topological polar surface area (TPSA) is 93.4 Å². The quantitative estimate of drug-likeness (QED) is 0.862. The van der Waals surface area contributed by atoms with Gasteiger partial charge in [0.2, 0.25) is 0 Å². The van der Waals surface area contributed by atoms with Gasteiger partial charge in [0, 0.05) is 20.0 Å². The number of halogens is 1. The Hall–Kier alpha value is -2.62. The first-order chi connectivity index (χ1) is 9.43. The van der Waals surface area contributed by atoms with E-state index in [0.717, 1.165) is 12.1 Å². The highest BCUT2D eigenvalue weighted by Gasteiger charge is 2.12. The summed E-state index contributed by atoms with van der Waals surface area (Å²) in [5, 5.41) is 19.8. The van der Waals surface area contributed by atoms with Crippen LogP contribution in [0.25, 0.3) is 0 Å². The van der Waals surface area contributed by atoms with E-state index in [0.29, 0.717) is 6.42 Å². The molecule has 0 radical (unpaired) electrons. The van der Waals surface area contributed by atoms with Crippen molar-refractivity contribution in [2.45, 2.75) is 12.8 Å². The third-order valence-corrected chi connectivity index (χ3v) is 2.57. The van der Waals surface area contributed by atoms with Crippen molar-refractivity contribution in [3.05, 3.63) is 29.6 Å². The van der Waals surface area contributed by atoms with Crippen molar-refractivity contribution >= 4 is 17.7 Å². The minimum Gasteiger partial charge on any atom is -0.481 e. The Kier molecular flexibility index (Phi) is 5.47. The van der Waals surface area contributed by atoms with Crippen LogP contribution >= 0.6 is 0 Å². The fourth-order valence-corrected chi connectivity index (χ4v) is 1.50. The van der Waals surface area contributed by atoms with Crippen LogP contribution in [-0.2, 0) is 4.79 Å². The number of carbonyl (C=O) groups is 2. The molecule has 0 aliphatic carbocycles. The molecule has 6 nitrogen and oxygen atoms in total. The van der Waals surface area contributed by atoms with Gasteiger partial charge in [-0.1, -0.05) is 0 Å². The van der Waals surface area contributed by atoms with Gasteiger partial charge in [0.15, 0.2) is 0 Å². The third kappa shape index (κ3) is 4.57. The molecule has 20 heavy (non-hydrogen) atoms. The average Bonchev–Trinajstić information content (AvgIpc) is 2.40. The number of urea groups is 1. The van der Waals surface area contributed by atoms with E-state index in [-0.39, 0.29) is 24.2 Å². The molecular formula is C13H14FN3O3. The third-order valence-electron chi connectivity index (χ3n) is 2.57. The lowest BCUT2D eigenvalue weighted by atomic mass is 10.2. The number of carbonyl (C=O) groups excluding carboxylic acids is 1. The largest absolute Gasteiger partial charge is 0.481 e. The molecule has 1 aromatic carbocycles. The summed E-state index contributed by atoms with van der Waals surface area (Å²) >= 11 is 0. The second-order valence-electron chi connectivity index (χ2n) is 4.15. The summed E-state index contributed by atoms with van der Waals surface area (Å²) in [6, 6.07) is 4.77. The summed E-state index contributed by atoms with van der Waals surface area (Å²) in [6.45, 7) is 0.265. The van der Waals surface area contributed by atoms with Crippen molar-refractivity contribution < 1.29 is 19.1 Å². The number of hydrogen-bond acceptors (Lipinski definition) is 3. The molecular weight excluding hydrogens is 265 g/mol. The Balaban J connectivity index is 2.62. The van der Waals surface area contributed by atoms with E-state index in [4.69, 9.17) is 10.4 Å². The van der Waals surface area contributed by atoms with Crippen molar-refractivity contribution in [3.63, 3.8) is 0 Å². The number of aliphatic carboxylic acids is 1. The molecule has 0 saturated heterocycles. The van der Waals surface area contributed by atoms with Crippen molar-refractivity contribution in [1.82, 2.24) is 4.90 Å². The first-order valence-electron chi connectivity index (χ1n) is 5.87. The van der Waals surface area contributed by atoms with E-state index in [1.165, 1.54) is 18.0 Å². The van der Waals surface area contributed by atoms with Gasteiger partial charge in [-0.05, 0) is 24.6 Å². The number of nitrogens with one attached hydrogen (secondary N) is 1. The average molecular weight is 279 g/mol. The standard InChI is InChI=1S/C13H14FN3O3/c1-17(6-2-3-12(18)19)13(20)16-11-5-4-10(14)7-9(11)8-15/h4-5,7H,2-3,6H2,1H3,(H,16,20)(H,18,19). The van der Waals surface area contributed by atoms with Crippen molar-refractivity contribution in [1.29, 1.82) is 5.26 Å². The van der Waals surface area contributed by atoms with Gasteiger partial charge in [-0.15, -0.1) is 0 Å². The molecule has 106 valence electrons. The van der Waals surface area contributed by atoms with E-state index < -0.39 is 17.8 Å². The normalized spacial score (nSPS) is 9.65. The number of hydrogen-bond donors (Lipinski definition) is 2. The molecule has 0 aromatic heterocycles. The summed E-state index contributed by atoms with van der Waals surface area (Å²) in [7, 11) is 1.51. The van der Waals surface area contributed by atoms with E-state index in [9.17, 15) is 14.0 Å². The predicted octanol–water partition coefficient (Wildman–Crippen LogP) is 2.03. The minimum atomic E-state index is -0.927. The number of anilines is 1. The zero-order valence-electron chi connectivity index (χ0n) is 10.9. The Morgan fingerprint density at radius 3 is 2.80 bits per heavy atom. The molecule has 0 bridgehead atoms. The Labute approximate surface area is 115 Å². The van der Waals surface area contributed by atoms with Crippen molar-refractivity contribution in [2.75, 3.05) is 18.9 Å². The summed E-state index contributed by atoms with van der Waals surface area (Å²) in [5.41, 5.74) is 0.237. The maximum absolute atomic E-state index is 12.9. The molecule has 0 heterocycles. The van der Waals surface area contributed by atoms with Crippen LogP contribution in [0.15, 0.2) is 18.2 Å². The summed E-state index contributed by atoms with van der Waals surface area (Å²) < 4.78 is 12.9. The van der Waals surface area contributed by atoms with Crippen LogP contribution in [0.2, 0.25) is 0 Å². The van der Waals surface area contributed by atoms with Crippen LogP contribution in [0.3, 0.4) is 0 Å². The van der Waals surface area contributed by atoms with Crippen LogP contribution in [0.5, 0.6) is 0 Å². The molecule has 7 heteroatoms. The Bertz CT molecular complexity index is 554. The number of carboxylic acid groups (broad SMARTS) is 1. The van der Waals surface area contributed by atoms with Gasteiger partial charge in [0.25, 0.3) is 0 Å². The molecule has 1 aromatic rings. The maximum atomic E-state index is 12.9.